The van der Waals surface area contributed by atoms with Gasteiger partial charge in [-0.3, -0.25) is 14.3 Å². The van der Waals surface area contributed by atoms with Crippen LogP contribution in [0.5, 0.6) is 0 Å². The normalized spacial score (nSPS) is 13.0. The van der Waals surface area contributed by atoms with Crippen molar-refractivity contribution in [1.82, 2.24) is 9.88 Å². The maximum Gasteiger partial charge on any atom is 0.416 e. The molecule has 0 saturated heterocycles. The molecular formula is C28H25ClF4N2O4S. The Labute approximate surface area is 234 Å². The molecule has 3 aromatic carbocycles. The molecule has 12 heteroatoms. The number of alkyl halides is 4. The third kappa shape index (κ3) is 6.38. The van der Waals surface area contributed by atoms with Crippen molar-refractivity contribution in [1.29, 1.82) is 0 Å². The second kappa shape index (κ2) is 11.7. The van der Waals surface area contributed by atoms with Gasteiger partial charge in [-0.1, -0.05) is 36.7 Å². The molecule has 3 N–H and O–H groups in total. The van der Waals surface area contributed by atoms with Gasteiger partial charge in [0.15, 0.2) is 0 Å². The fourth-order valence-electron chi connectivity index (χ4n) is 4.43. The Balaban J connectivity index is 1.63. The zero-order chi connectivity index (χ0) is 29.2. The Morgan fingerprint density at radius 2 is 1.73 bits per heavy atom. The summed E-state index contributed by atoms with van der Waals surface area (Å²) in [6.45, 7) is 0.859. The van der Waals surface area contributed by atoms with Gasteiger partial charge in [0, 0.05) is 49.8 Å². The van der Waals surface area contributed by atoms with Crippen molar-refractivity contribution >= 4 is 39.2 Å². The van der Waals surface area contributed by atoms with Crippen LogP contribution in [-0.2, 0) is 35.9 Å². The second-order valence-corrected chi connectivity index (χ2v) is 11.2. The number of hydrogen-bond donors (Lipinski definition) is 3. The molecule has 0 fully saturated rings. The van der Waals surface area contributed by atoms with E-state index in [2.05, 4.69) is 5.32 Å². The minimum absolute atomic E-state index is 0.0371. The first-order valence-corrected chi connectivity index (χ1v) is 13.8. The van der Waals surface area contributed by atoms with Crippen LogP contribution in [0.4, 0.5) is 17.6 Å². The Hall–Kier alpha value is -3.25. The molecule has 4 rings (SSSR count). The van der Waals surface area contributed by atoms with Crippen molar-refractivity contribution in [3.8, 4) is 0 Å². The summed E-state index contributed by atoms with van der Waals surface area (Å²) in [5.74, 6) is -3.20. The summed E-state index contributed by atoms with van der Waals surface area (Å²) in [5.41, 5.74) is -0.0781. The number of carbonyl (C=O) groups excluding carboxylic acids is 1. The molecule has 1 unspecified atom stereocenters. The molecule has 0 aliphatic heterocycles. The Morgan fingerprint density at radius 3 is 2.35 bits per heavy atom. The highest BCUT2D eigenvalue weighted by Gasteiger charge is 2.34. The first-order valence-electron chi connectivity index (χ1n) is 12.1. The van der Waals surface area contributed by atoms with Crippen molar-refractivity contribution in [3.63, 3.8) is 0 Å². The summed E-state index contributed by atoms with van der Waals surface area (Å²) in [5, 5.41) is 23.5. The molecule has 6 nitrogen and oxygen atoms in total. The quantitative estimate of drug-likeness (QED) is 0.175. The monoisotopic (exact) mass is 596 g/mol. The van der Waals surface area contributed by atoms with Crippen LogP contribution in [0, 0.1) is 0 Å². The van der Waals surface area contributed by atoms with Gasteiger partial charge >= 0.3 is 6.18 Å². The van der Waals surface area contributed by atoms with E-state index in [1.807, 2.05) is 0 Å². The van der Waals surface area contributed by atoms with Gasteiger partial charge in [-0.25, -0.2) is 4.39 Å². The molecule has 0 radical (unpaired) electrons. The smallest absolute Gasteiger partial charge is 0.345 e. The average molecular weight is 597 g/mol. The van der Waals surface area contributed by atoms with Crippen molar-refractivity contribution in [2.75, 3.05) is 12.4 Å². The molecule has 1 aromatic heterocycles. The van der Waals surface area contributed by atoms with E-state index in [1.165, 1.54) is 59.2 Å². The molecule has 40 heavy (non-hydrogen) atoms. The van der Waals surface area contributed by atoms with E-state index in [0.717, 1.165) is 6.07 Å². The number of nitrogens with zero attached hydrogens (tertiary/aromatic N) is 1. The zero-order valence-corrected chi connectivity index (χ0v) is 22.7. The number of nitrogens with one attached hydrogen (secondary N) is 1. The lowest BCUT2D eigenvalue weighted by Crippen LogP contribution is -2.45. The van der Waals surface area contributed by atoms with E-state index in [4.69, 9.17) is 11.6 Å². The van der Waals surface area contributed by atoms with E-state index in [9.17, 15) is 36.8 Å². The van der Waals surface area contributed by atoms with Crippen LogP contribution in [0.15, 0.2) is 71.6 Å². The summed E-state index contributed by atoms with van der Waals surface area (Å²) in [7, 11) is -1.24. The van der Waals surface area contributed by atoms with Gasteiger partial charge in [0.05, 0.1) is 22.9 Å². The van der Waals surface area contributed by atoms with Gasteiger partial charge in [-0.2, -0.15) is 13.2 Å². The molecular weight excluding hydrogens is 572 g/mol. The minimum atomic E-state index is -4.64. The highest BCUT2D eigenvalue weighted by molar-refractivity contribution is 7.85. The molecule has 0 spiro atoms. The Kier molecular flexibility index (Phi) is 8.69. The molecule has 0 saturated carbocycles. The third-order valence-corrected chi connectivity index (χ3v) is 7.93. The van der Waals surface area contributed by atoms with Crippen molar-refractivity contribution in [2.45, 2.75) is 36.9 Å². The fraction of sp³-hybridized carbons (Fsp3) is 0.250. The molecule has 212 valence electrons. The van der Waals surface area contributed by atoms with Crippen molar-refractivity contribution in [3.05, 3.63) is 99.7 Å². The van der Waals surface area contributed by atoms with E-state index < -0.39 is 41.0 Å². The number of carbonyl (C=O) groups is 1. The van der Waals surface area contributed by atoms with E-state index in [1.54, 1.807) is 13.0 Å². The standard InChI is InChI=1S/C28H25ClF4N2O4S/c1-2-40(39)23-8-5-20(6-9-23)28(37,38)34-26(36)18-4-10-25-19(13-18)15-22(35(25)12-11-30)14-17-3-7-21(29)16-24(17)27(31,32)33/h3-10,13,15-16,37-38H,2,11-12,14H2,1H3,(H,34,36). The summed E-state index contributed by atoms with van der Waals surface area (Å²) < 4.78 is 67.8. The van der Waals surface area contributed by atoms with E-state index in [0.29, 0.717) is 27.2 Å². The lowest BCUT2D eigenvalue weighted by atomic mass is 10.0. The molecule has 1 heterocycles. The molecule has 1 amide bonds. The fourth-order valence-corrected chi connectivity index (χ4v) is 5.38. The van der Waals surface area contributed by atoms with Crippen LogP contribution in [0.1, 0.15) is 39.7 Å². The number of aliphatic hydroxyl groups is 2. The summed E-state index contributed by atoms with van der Waals surface area (Å²) in [6.07, 6.45) is -4.81. The summed E-state index contributed by atoms with van der Waals surface area (Å²) in [6, 6.07) is 15.0. The Morgan fingerprint density at radius 1 is 1.02 bits per heavy atom. The molecule has 0 aliphatic rings. The minimum Gasteiger partial charge on any atom is -0.345 e. The zero-order valence-electron chi connectivity index (χ0n) is 21.1. The van der Waals surface area contributed by atoms with Gasteiger partial charge in [0.25, 0.3) is 11.8 Å². The lowest BCUT2D eigenvalue weighted by molar-refractivity contribution is -0.185. The maximum atomic E-state index is 13.6. The average Bonchev–Trinajstić information content (AvgIpc) is 3.24. The van der Waals surface area contributed by atoms with Crippen LogP contribution in [0.3, 0.4) is 0 Å². The van der Waals surface area contributed by atoms with Gasteiger partial charge in [-0.15, -0.1) is 0 Å². The van der Waals surface area contributed by atoms with Crippen LogP contribution < -0.4 is 5.32 Å². The number of fused-ring (bicyclic) bond motifs is 1. The van der Waals surface area contributed by atoms with Gasteiger partial charge in [-0.05, 0) is 54.1 Å². The maximum absolute atomic E-state index is 13.6. The summed E-state index contributed by atoms with van der Waals surface area (Å²) in [4.78, 5) is 13.4. The first-order chi connectivity index (χ1) is 18.8. The van der Waals surface area contributed by atoms with Crippen molar-refractivity contribution < 1.29 is 36.8 Å². The lowest BCUT2D eigenvalue weighted by Gasteiger charge is -2.23. The summed E-state index contributed by atoms with van der Waals surface area (Å²) >= 11 is 5.79. The number of halogens is 5. The van der Waals surface area contributed by atoms with Gasteiger partial charge in [0.2, 0.25) is 0 Å². The highest BCUT2D eigenvalue weighted by atomic mass is 35.5. The number of benzene rings is 3. The van der Waals surface area contributed by atoms with E-state index >= 15 is 0 Å². The number of aromatic nitrogens is 1. The van der Waals surface area contributed by atoms with Crippen LogP contribution in [-0.4, -0.2) is 37.3 Å². The highest BCUT2D eigenvalue weighted by Crippen LogP contribution is 2.35. The number of rotatable bonds is 9. The first kappa shape index (κ1) is 29.7. The topological polar surface area (TPSA) is 91.6 Å². The van der Waals surface area contributed by atoms with Crippen LogP contribution in [0.2, 0.25) is 5.02 Å². The SMILES string of the molecule is CCS(=O)c1ccc(C(O)(O)NC(=O)c2ccc3c(c2)cc(Cc2ccc(Cl)cc2C(F)(F)F)n3CCF)cc1. The second-order valence-electron chi connectivity index (χ2n) is 9.01. The number of aryl methyl sites for hydroxylation is 1. The third-order valence-electron chi connectivity index (χ3n) is 6.38. The molecule has 0 bridgehead atoms. The molecule has 1 atom stereocenters. The molecule has 0 aliphatic carbocycles. The number of amides is 1. The van der Waals surface area contributed by atoms with E-state index in [-0.39, 0.29) is 34.7 Å². The largest absolute Gasteiger partial charge is 0.416 e. The predicted octanol–water partition coefficient (Wildman–Crippen LogP) is 5.53. The van der Waals surface area contributed by atoms with Crippen LogP contribution in [0.25, 0.3) is 10.9 Å². The number of hydrogen-bond acceptors (Lipinski definition) is 4. The van der Waals surface area contributed by atoms with Crippen molar-refractivity contribution in [2.24, 2.45) is 0 Å². The Bertz CT molecular complexity index is 1570. The van der Waals surface area contributed by atoms with Crippen LogP contribution >= 0.6 is 11.6 Å². The van der Waals surface area contributed by atoms with Gasteiger partial charge < -0.3 is 14.8 Å². The predicted molar refractivity (Wildman–Crippen MR) is 144 cm³/mol. The van der Waals surface area contributed by atoms with Gasteiger partial charge in [0.1, 0.15) is 6.67 Å². The molecule has 4 aromatic rings.